The van der Waals surface area contributed by atoms with E-state index in [2.05, 4.69) is 24.4 Å². The van der Waals surface area contributed by atoms with Crippen LogP contribution in [0.5, 0.6) is 0 Å². The van der Waals surface area contributed by atoms with Crippen molar-refractivity contribution in [1.29, 1.82) is 0 Å². The van der Waals surface area contributed by atoms with Gasteiger partial charge in [0, 0.05) is 19.6 Å². The molecule has 0 aromatic heterocycles. The van der Waals surface area contributed by atoms with Gasteiger partial charge in [0.2, 0.25) is 0 Å². The van der Waals surface area contributed by atoms with Crippen LogP contribution in [0.3, 0.4) is 0 Å². The van der Waals surface area contributed by atoms with Crippen LogP contribution in [-0.2, 0) is 4.79 Å². The molecule has 1 saturated carbocycles. The normalized spacial score (nSPS) is 38.6. The molecular formula is C14H20N2O3. The third-order valence-corrected chi connectivity index (χ3v) is 5.18. The van der Waals surface area contributed by atoms with Crippen LogP contribution in [0, 0.1) is 23.2 Å². The van der Waals surface area contributed by atoms with E-state index in [9.17, 15) is 9.59 Å². The maximum Gasteiger partial charge on any atom is 0.317 e. The fourth-order valence-electron chi connectivity index (χ4n) is 4.11. The Kier molecular flexibility index (Phi) is 2.80. The number of likely N-dealkylation sites (tertiary alicyclic amines) is 1. The highest BCUT2D eigenvalue weighted by Crippen LogP contribution is 2.59. The summed E-state index contributed by atoms with van der Waals surface area (Å²) in [7, 11) is 0. The van der Waals surface area contributed by atoms with Gasteiger partial charge in [-0.2, -0.15) is 0 Å². The van der Waals surface area contributed by atoms with Crippen molar-refractivity contribution < 1.29 is 14.7 Å². The second-order valence-corrected chi connectivity index (χ2v) is 6.26. The monoisotopic (exact) mass is 264 g/mol. The lowest BCUT2D eigenvalue weighted by Gasteiger charge is -2.31. The standard InChI is InChI=1S/C14H20N2O3/c1-14-8-16(13(19)15-5-4-12(17)18)7-11(14)9-2-3-10(14)6-9/h2-3,9-11H,4-8H2,1H3,(H,15,19)(H,17,18)/t9-,10+,11?,14+/m1/s1. The van der Waals surface area contributed by atoms with Crippen LogP contribution in [0.25, 0.3) is 0 Å². The lowest BCUT2D eigenvalue weighted by atomic mass is 9.72. The summed E-state index contributed by atoms with van der Waals surface area (Å²) in [6, 6.07) is -0.115. The minimum atomic E-state index is -0.882. The molecule has 2 aliphatic carbocycles. The first-order valence-electron chi connectivity index (χ1n) is 6.93. The number of aliphatic carboxylic acids is 1. The van der Waals surface area contributed by atoms with E-state index in [1.165, 1.54) is 6.42 Å². The van der Waals surface area contributed by atoms with Crippen molar-refractivity contribution in [3.8, 4) is 0 Å². The van der Waals surface area contributed by atoms with Crippen molar-refractivity contribution >= 4 is 12.0 Å². The number of fused-ring (bicyclic) bond motifs is 5. The number of carboxylic acid groups (broad SMARTS) is 1. The van der Waals surface area contributed by atoms with Gasteiger partial charge < -0.3 is 15.3 Å². The minimum Gasteiger partial charge on any atom is -0.481 e. The van der Waals surface area contributed by atoms with Gasteiger partial charge in [0.25, 0.3) is 0 Å². The van der Waals surface area contributed by atoms with Gasteiger partial charge in [-0.15, -0.1) is 0 Å². The van der Waals surface area contributed by atoms with Crippen molar-refractivity contribution in [2.45, 2.75) is 19.8 Å². The molecule has 3 aliphatic rings. The summed E-state index contributed by atoms with van der Waals surface area (Å²) in [5.74, 6) is 0.937. The first kappa shape index (κ1) is 12.5. The van der Waals surface area contributed by atoms with Crippen molar-refractivity contribution in [3.63, 3.8) is 0 Å². The molecule has 19 heavy (non-hydrogen) atoms. The zero-order valence-electron chi connectivity index (χ0n) is 11.1. The van der Waals surface area contributed by atoms with Crippen molar-refractivity contribution in [2.24, 2.45) is 23.2 Å². The summed E-state index contributed by atoms with van der Waals surface area (Å²) < 4.78 is 0. The molecule has 2 N–H and O–H groups in total. The summed E-state index contributed by atoms with van der Waals surface area (Å²) >= 11 is 0. The molecule has 4 atom stereocenters. The number of rotatable bonds is 3. The van der Waals surface area contributed by atoms with E-state index in [1.54, 1.807) is 0 Å². The molecule has 3 rings (SSSR count). The van der Waals surface area contributed by atoms with Crippen LogP contribution in [-0.4, -0.2) is 41.6 Å². The molecule has 0 aromatic carbocycles. The Morgan fingerprint density at radius 2 is 2.26 bits per heavy atom. The smallest absolute Gasteiger partial charge is 0.317 e. The van der Waals surface area contributed by atoms with E-state index in [0.717, 1.165) is 13.1 Å². The molecular weight excluding hydrogens is 244 g/mol. The zero-order valence-corrected chi connectivity index (χ0v) is 11.1. The van der Waals surface area contributed by atoms with E-state index in [4.69, 9.17) is 5.11 Å². The number of nitrogens with one attached hydrogen (secondary N) is 1. The number of carboxylic acids is 1. The van der Waals surface area contributed by atoms with Gasteiger partial charge in [-0.05, 0) is 29.6 Å². The van der Waals surface area contributed by atoms with E-state index < -0.39 is 5.97 Å². The second-order valence-electron chi connectivity index (χ2n) is 6.26. The summed E-state index contributed by atoms with van der Waals surface area (Å²) in [4.78, 5) is 24.3. The Morgan fingerprint density at radius 1 is 1.47 bits per heavy atom. The maximum absolute atomic E-state index is 12.0. The SMILES string of the molecule is C[C@@]12CN(C(=O)NCCC(=O)O)CC1[C@@H]1C=C[C@H]2C1. The van der Waals surface area contributed by atoms with Gasteiger partial charge >= 0.3 is 12.0 Å². The number of hydrogen-bond donors (Lipinski definition) is 2. The van der Waals surface area contributed by atoms with Crippen LogP contribution >= 0.6 is 0 Å². The largest absolute Gasteiger partial charge is 0.481 e. The lowest BCUT2D eigenvalue weighted by Crippen LogP contribution is -2.41. The predicted molar refractivity (Wildman–Crippen MR) is 69.6 cm³/mol. The Labute approximate surface area is 112 Å². The van der Waals surface area contributed by atoms with Gasteiger partial charge in [0.05, 0.1) is 6.42 Å². The highest BCUT2D eigenvalue weighted by molar-refractivity contribution is 5.75. The molecule has 1 saturated heterocycles. The average Bonchev–Trinajstić information content (AvgIpc) is 2.97. The lowest BCUT2D eigenvalue weighted by molar-refractivity contribution is -0.136. The van der Waals surface area contributed by atoms with Crippen molar-refractivity contribution in [1.82, 2.24) is 10.2 Å². The fraction of sp³-hybridized carbons (Fsp3) is 0.714. The molecule has 2 bridgehead atoms. The number of allylic oxidation sites excluding steroid dienone is 2. The fourth-order valence-corrected chi connectivity index (χ4v) is 4.11. The summed E-state index contributed by atoms with van der Waals surface area (Å²) in [6.07, 6.45) is 5.85. The first-order chi connectivity index (χ1) is 9.00. The molecule has 0 radical (unpaired) electrons. The average molecular weight is 264 g/mol. The maximum atomic E-state index is 12.0. The third kappa shape index (κ3) is 1.91. The molecule has 5 nitrogen and oxygen atoms in total. The third-order valence-electron chi connectivity index (χ3n) is 5.18. The van der Waals surface area contributed by atoms with E-state index in [1.807, 2.05) is 4.90 Å². The number of nitrogens with zero attached hydrogens (tertiary/aromatic N) is 1. The quantitative estimate of drug-likeness (QED) is 0.755. The molecule has 0 spiro atoms. The predicted octanol–water partition coefficient (Wildman–Crippen LogP) is 1.31. The van der Waals surface area contributed by atoms with Crippen molar-refractivity contribution in [2.75, 3.05) is 19.6 Å². The molecule has 5 heteroatoms. The summed E-state index contributed by atoms with van der Waals surface area (Å²) in [6.45, 7) is 4.09. The Bertz CT molecular complexity index is 448. The van der Waals surface area contributed by atoms with Gasteiger partial charge in [0.1, 0.15) is 0 Å². The second kappa shape index (κ2) is 4.25. The molecule has 2 fully saturated rings. The molecule has 1 heterocycles. The van der Waals surface area contributed by atoms with Gasteiger partial charge in [-0.25, -0.2) is 4.79 Å². The molecule has 2 amide bonds. The van der Waals surface area contributed by atoms with Gasteiger partial charge in [-0.3, -0.25) is 4.79 Å². The van der Waals surface area contributed by atoms with Crippen molar-refractivity contribution in [3.05, 3.63) is 12.2 Å². The molecule has 0 aromatic rings. The summed E-state index contributed by atoms with van der Waals surface area (Å²) in [5, 5.41) is 11.3. The highest BCUT2D eigenvalue weighted by atomic mass is 16.4. The zero-order chi connectivity index (χ0) is 13.6. The van der Waals surface area contributed by atoms with E-state index in [0.29, 0.717) is 17.8 Å². The van der Waals surface area contributed by atoms with Crippen LogP contribution in [0.4, 0.5) is 4.79 Å². The Morgan fingerprint density at radius 3 is 2.95 bits per heavy atom. The minimum absolute atomic E-state index is 0.0208. The molecule has 104 valence electrons. The first-order valence-corrected chi connectivity index (χ1v) is 6.93. The highest BCUT2D eigenvalue weighted by Gasteiger charge is 2.58. The molecule has 1 unspecified atom stereocenters. The van der Waals surface area contributed by atoms with Crippen LogP contribution in [0.2, 0.25) is 0 Å². The number of hydrogen-bond acceptors (Lipinski definition) is 2. The number of carbonyl (C=O) groups excluding carboxylic acids is 1. The molecule has 1 aliphatic heterocycles. The van der Waals surface area contributed by atoms with E-state index >= 15 is 0 Å². The number of carbonyl (C=O) groups is 2. The number of amides is 2. The van der Waals surface area contributed by atoms with Crippen LogP contribution in [0.15, 0.2) is 12.2 Å². The van der Waals surface area contributed by atoms with Gasteiger partial charge in [-0.1, -0.05) is 19.1 Å². The Hall–Kier alpha value is -1.52. The van der Waals surface area contributed by atoms with Gasteiger partial charge in [0.15, 0.2) is 0 Å². The Balaban J connectivity index is 1.58. The van der Waals surface area contributed by atoms with Crippen LogP contribution in [0.1, 0.15) is 19.8 Å². The summed E-state index contributed by atoms with van der Waals surface area (Å²) in [5.41, 5.74) is 0.226. The number of urea groups is 1. The topological polar surface area (TPSA) is 69.6 Å². The van der Waals surface area contributed by atoms with E-state index in [-0.39, 0.29) is 24.4 Å². The van der Waals surface area contributed by atoms with Crippen LogP contribution < -0.4 is 5.32 Å².